The molecule has 0 aliphatic rings. The Labute approximate surface area is 146 Å². The van der Waals surface area contributed by atoms with E-state index >= 15 is 0 Å². The summed E-state index contributed by atoms with van der Waals surface area (Å²) in [6.07, 6.45) is 2.05. The number of thiazole rings is 1. The molecule has 5 nitrogen and oxygen atoms in total. The Hall–Kier alpha value is -1.57. The van der Waals surface area contributed by atoms with Crippen LogP contribution in [0.1, 0.15) is 16.2 Å². The van der Waals surface area contributed by atoms with Gasteiger partial charge in [0.1, 0.15) is 0 Å². The zero-order valence-corrected chi connectivity index (χ0v) is 15.0. The molecule has 0 radical (unpaired) electrons. The third kappa shape index (κ3) is 3.52. The molecule has 2 heterocycles. The Balaban J connectivity index is 2.11. The third-order valence-corrected chi connectivity index (χ3v) is 5.07. The highest BCUT2D eigenvalue weighted by atomic mass is 35.5. The average molecular weight is 368 g/mol. The fraction of sp³-hybridized carbons (Fsp3) is 0.267. The van der Waals surface area contributed by atoms with E-state index in [-0.39, 0.29) is 5.76 Å². The number of halogens is 1. The van der Waals surface area contributed by atoms with Crippen molar-refractivity contribution in [2.24, 2.45) is 4.99 Å². The number of hydrogen-bond donors (Lipinski definition) is 0. The van der Waals surface area contributed by atoms with E-state index in [0.29, 0.717) is 15.5 Å². The van der Waals surface area contributed by atoms with Crippen molar-refractivity contribution in [2.75, 3.05) is 12.0 Å². The van der Waals surface area contributed by atoms with Crippen molar-refractivity contribution in [2.45, 2.75) is 13.5 Å². The first-order valence-corrected chi connectivity index (χ1v) is 9.47. The van der Waals surface area contributed by atoms with Gasteiger partial charge in [0, 0.05) is 23.4 Å². The van der Waals surface area contributed by atoms with Crippen LogP contribution in [-0.2, 0) is 6.54 Å². The largest absolute Gasteiger partial charge is 0.351 e. The quantitative estimate of drug-likeness (QED) is 0.704. The number of carbonyl (C=O) groups is 1. The van der Waals surface area contributed by atoms with Crippen molar-refractivity contribution in [3.63, 3.8) is 0 Å². The van der Waals surface area contributed by atoms with Gasteiger partial charge in [0.15, 0.2) is 4.80 Å². The number of aryl methyl sites for hydroxylation is 2. The molecule has 0 spiro atoms. The minimum absolute atomic E-state index is 0.148. The first kappa shape index (κ1) is 16.3. The smallest absolute Gasteiger partial charge is 0.318 e. The fourth-order valence-corrected chi connectivity index (χ4v) is 3.83. The lowest BCUT2D eigenvalue weighted by molar-refractivity contribution is 0.0962. The van der Waals surface area contributed by atoms with Crippen molar-refractivity contribution < 1.29 is 9.32 Å². The van der Waals surface area contributed by atoms with Gasteiger partial charge in [0.05, 0.1) is 15.9 Å². The van der Waals surface area contributed by atoms with Crippen LogP contribution < -0.4 is 4.80 Å². The summed E-state index contributed by atoms with van der Waals surface area (Å²) in [5.41, 5.74) is 1.68. The first-order valence-electron chi connectivity index (χ1n) is 6.88. The molecule has 0 atom stereocenters. The lowest BCUT2D eigenvalue weighted by Gasteiger charge is -2.03. The van der Waals surface area contributed by atoms with E-state index < -0.39 is 5.91 Å². The number of hydrogen-bond acceptors (Lipinski definition) is 5. The Bertz CT molecular complexity index is 926. The Morgan fingerprint density at radius 3 is 3.00 bits per heavy atom. The minimum atomic E-state index is -0.429. The predicted octanol–water partition coefficient (Wildman–Crippen LogP) is 3.76. The molecule has 0 N–H and O–H groups in total. The predicted molar refractivity (Wildman–Crippen MR) is 94.3 cm³/mol. The molecule has 0 fully saturated rings. The SMILES string of the molecule is CSCCn1c(=NC(=O)c2cc(C)no2)sc2cc(Cl)ccc21. The van der Waals surface area contributed by atoms with E-state index in [0.717, 1.165) is 22.5 Å². The number of thioether (sulfide) groups is 1. The van der Waals surface area contributed by atoms with Gasteiger partial charge in [-0.15, -0.1) is 0 Å². The second kappa shape index (κ2) is 6.90. The highest BCUT2D eigenvalue weighted by molar-refractivity contribution is 7.98. The van der Waals surface area contributed by atoms with Crippen LogP contribution >= 0.6 is 34.7 Å². The van der Waals surface area contributed by atoms with E-state index in [4.69, 9.17) is 16.1 Å². The second-order valence-electron chi connectivity index (χ2n) is 4.89. The Morgan fingerprint density at radius 2 is 2.30 bits per heavy atom. The first-order chi connectivity index (χ1) is 11.1. The summed E-state index contributed by atoms with van der Waals surface area (Å²) >= 11 is 9.24. The molecule has 1 aromatic carbocycles. The van der Waals surface area contributed by atoms with E-state index in [1.165, 1.54) is 11.3 Å². The van der Waals surface area contributed by atoms with Gasteiger partial charge >= 0.3 is 5.91 Å². The lowest BCUT2D eigenvalue weighted by atomic mass is 10.3. The summed E-state index contributed by atoms with van der Waals surface area (Å²) in [4.78, 5) is 17.1. The average Bonchev–Trinajstić information content (AvgIpc) is 3.08. The molecule has 0 saturated heterocycles. The maximum Gasteiger partial charge on any atom is 0.318 e. The molecule has 0 aliphatic heterocycles. The van der Waals surface area contributed by atoms with Crippen LogP contribution in [0.4, 0.5) is 0 Å². The normalized spacial score (nSPS) is 12.2. The number of aromatic nitrogens is 2. The summed E-state index contributed by atoms with van der Waals surface area (Å²) < 4.78 is 8.02. The topological polar surface area (TPSA) is 60.4 Å². The summed E-state index contributed by atoms with van der Waals surface area (Å²) in [6.45, 7) is 2.53. The van der Waals surface area contributed by atoms with Gasteiger partial charge in [0.2, 0.25) is 5.76 Å². The minimum Gasteiger partial charge on any atom is -0.351 e. The van der Waals surface area contributed by atoms with E-state index in [1.54, 1.807) is 24.8 Å². The summed E-state index contributed by atoms with van der Waals surface area (Å²) in [5.74, 6) is 0.646. The number of benzene rings is 1. The van der Waals surface area contributed by atoms with Crippen LogP contribution in [-0.4, -0.2) is 27.6 Å². The number of amides is 1. The highest BCUT2D eigenvalue weighted by Crippen LogP contribution is 2.22. The third-order valence-electron chi connectivity index (χ3n) is 3.20. The maximum absolute atomic E-state index is 12.3. The number of carbonyl (C=O) groups excluding carboxylic acids is 1. The zero-order chi connectivity index (χ0) is 16.4. The van der Waals surface area contributed by atoms with E-state index in [9.17, 15) is 4.79 Å². The van der Waals surface area contributed by atoms with E-state index in [1.807, 2.05) is 29.0 Å². The van der Waals surface area contributed by atoms with Gasteiger partial charge in [-0.05, 0) is 31.4 Å². The van der Waals surface area contributed by atoms with Gasteiger partial charge < -0.3 is 9.09 Å². The second-order valence-corrected chi connectivity index (χ2v) is 7.32. The van der Waals surface area contributed by atoms with Crippen molar-refractivity contribution in [1.82, 2.24) is 9.72 Å². The number of fused-ring (bicyclic) bond motifs is 1. The molecule has 0 aliphatic carbocycles. The molecular weight excluding hydrogens is 354 g/mol. The van der Waals surface area contributed by atoms with Gasteiger partial charge in [-0.25, -0.2) is 0 Å². The molecule has 3 rings (SSSR count). The monoisotopic (exact) mass is 367 g/mol. The Kier molecular flexibility index (Phi) is 4.89. The molecule has 120 valence electrons. The van der Waals surface area contributed by atoms with Crippen LogP contribution in [0.15, 0.2) is 33.8 Å². The van der Waals surface area contributed by atoms with Gasteiger partial charge in [0.25, 0.3) is 0 Å². The van der Waals surface area contributed by atoms with Crippen molar-refractivity contribution in [3.05, 3.63) is 45.5 Å². The molecule has 0 unspecified atom stereocenters. The van der Waals surface area contributed by atoms with Gasteiger partial charge in [-0.1, -0.05) is 28.1 Å². The van der Waals surface area contributed by atoms with Crippen LogP contribution in [0.2, 0.25) is 5.02 Å². The summed E-state index contributed by atoms with van der Waals surface area (Å²) in [6, 6.07) is 7.27. The molecule has 23 heavy (non-hydrogen) atoms. The molecule has 8 heteroatoms. The molecule has 1 amide bonds. The highest BCUT2D eigenvalue weighted by Gasteiger charge is 2.13. The van der Waals surface area contributed by atoms with Gasteiger partial charge in [-0.3, -0.25) is 4.79 Å². The lowest BCUT2D eigenvalue weighted by Crippen LogP contribution is -2.18. The molecular formula is C15H14ClN3O2S2. The van der Waals surface area contributed by atoms with Crippen LogP contribution in [0.3, 0.4) is 0 Å². The van der Waals surface area contributed by atoms with Crippen LogP contribution in [0.25, 0.3) is 10.2 Å². The molecule has 2 aromatic heterocycles. The maximum atomic E-state index is 12.3. The molecule has 0 saturated carbocycles. The van der Waals surface area contributed by atoms with Crippen molar-refractivity contribution in [3.8, 4) is 0 Å². The molecule has 0 bridgehead atoms. The Morgan fingerprint density at radius 1 is 1.48 bits per heavy atom. The number of nitrogens with zero attached hydrogens (tertiary/aromatic N) is 3. The van der Waals surface area contributed by atoms with Gasteiger partial charge in [-0.2, -0.15) is 16.8 Å². The standard InChI is InChI=1S/C15H14ClN3O2S2/c1-9-7-12(21-18-9)14(20)17-15-19(5-6-22-2)11-4-3-10(16)8-13(11)23-15/h3-4,7-8H,5-6H2,1-2H3. The molecule has 3 aromatic rings. The van der Waals surface area contributed by atoms with E-state index in [2.05, 4.69) is 10.1 Å². The van der Waals surface area contributed by atoms with Crippen molar-refractivity contribution >= 4 is 50.8 Å². The number of rotatable bonds is 4. The zero-order valence-electron chi connectivity index (χ0n) is 12.6. The van der Waals surface area contributed by atoms with Crippen LogP contribution in [0, 0.1) is 6.92 Å². The fourth-order valence-electron chi connectivity index (χ4n) is 2.14. The summed E-state index contributed by atoms with van der Waals surface area (Å²) in [5, 5.41) is 4.39. The summed E-state index contributed by atoms with van der Waals surface area (Å²) in [7, 11) is 0. The van der Waals surface area contributed by atoms with Crippen molar-refractivity contribution in [1.29, 1.82) is 0 Å². The van der Waals surface area contributed by atoms with Crippen LogP contribution in [0.5, 0.6) is 0 Å².